The Morgan fingerprint density at radius 1 is 1.50 bits per heavy atom. The number of hydrogen-bond donors (Lipinski definition) is 3. The summed E-state index contributed by atoms with van der Waals surface area (Å²) >= 11 is 0. The van der Waals surface area contributed by atoms with E-state index in [4.69, 9.17) is 5.73 Å². The van der Waals surface area contributed by atoms with E-state index in [-0.39, 0.29) is 6.10 Å². The van der Waals surface area contributed by atoms with Crippen LogP contribution in [0.15, 0.2) is 0 Å². The molecule has 18 heavy (non-hydrogen) atoms. The molecule has 2 unspecified atom stereocenters. The van der Waals surface area contributed by atoms with Crippen LogP contribution >= 0.6 is 0 Å². The highest BCUT2D eigenvalue weighted by Crippen LogP contribution is 2.28. The van der Waals surface area contributed by atoms with E-state index in [1.807, 2.05) is 11.7 Å². The van der Waals surface area contributed by atoms with Crippen molar-refractivity contribution < 1.29 is 5.11 Å². The summed E-state index contributed by atoms with van der Waals surface area (Å²) in [5.41, 5.74) is 7.86. The van der Waals surface area contributed by atoms with Gasteiger partial charge in [-0.05, 0) is 31.6 Å². The first-order valence-corrected chi connectivity index (χ1v) is 6.85. The molecule has 1 aliphatic rings. The maximum Gasteiger partial charge on any atom is 0.147 e. The molecule has 1 heterocycles. The molecular weight excluding hydrogens is 228 g/mol. The van der Waals surface area contributed by atoms with Crippen molar-refractivity contribution in [2.45, 2.75) is 45.1 Å². The van der Waals surface area contributed by atoms with Crippen molar-refractivity contribution in [3.8, 4) is 0 Å². The molecule has 0 aliphatic heterocycles. The topological polar surface area (TPSA) is 76.1 Å². The number of aromatic nitrogens is 2. The van der Waals surface area contributed by atoms with Gasteiger partial charge < -0.3 is 16.2 Å². The highest BCUT2D eigenvalue weighted by molar-refractivity contribution is 5.65. The molecular formula is C13H24N4O. The Morgan fingerprint density at radius 2 is 2.28 bits per heavy atom. The molecule has 0 aromatic carbocycles. The Hall–Kier alpha value is -1.23. The minimum Gasteiger partial charge on any atom is -0.394 e. The number of aliphatic hydroxyl groups excluding tert-OH is 1. The average molecular weight is 252 g/mol. The van der Waals surface area contributed by atoms with Crippen LogP contribution in [0.2, 0.25) is 0 Å². The molecule has 4 N–H and O–H groups in total. The lowest BCUT2D eigenvalue weighted by Crippen LogP contribution is -2.15. The van der Waals surface area contributed by atoms with Crippen LogP contribution in [0.5, 0.6) is 0 Å². The Bertz CT molecular complexity index is 402. The molecule has 1 aromatic heterocycles. The minimum atomic E-state index is -0.115. The zero-order chi connectivity index (χ0) is 13.1. The van der Waals surface area contributed by atoms with E-state index in [2.05, 4.69) is 17.3 Å². The van der Waals surface area contributed by atoms with E-state index in [1.165, 1.54) is 0 Å². The number of anilines is 2. The van der Waals surface area contributed by atoms with Crippen molar-refractivity contribution in [3.05, 3.63) is 5.69 Å². The van der Waals surface area contributed by atoms with Crippen LogP contribution in [0.3, 0.4) is 0 Å². The van der Waals surface area contributed by atoms with Crippen molar-refractivity contribution in [2.75, 3.05) is 17.6 Å². The number of nitrogens with one attached hydrogen (secondary N) is 1. The van der Waals surface area contributed by atoms with Crippen molar-refractivity contribution in [2.24, 2.45) is 13.0 Å². The van der Waals surface area contributed by atoms with Gasteiger partial charge in [-0.15, -0.1) is 0 Å². The molecule has 1 fully saturated rings. The molecule has 0 spiro atoms. The first-order chi connectivity index (χ1) is 8.61. The van der Waals surface area contributed by atoms with Crippen LogP contribution in [0.25, 0.3) is 0 Å². The van der Waals surface area contributed by atoms with Crippen LogP contribution in [0.1, 0.15) is 38.3 Å². The predicted octanol–water partition coefficient (Wildman–Crippen LogP) is 1.53. The maximum absolute atomic E-state index is 9.51. The number of nitrogens with two attached hydrogens (primary N) is 1. The van der Waals surface area contributed by atoms with Crippen molar-refractivity contribution >= 4 is 11.5 Å². The third-order valence-electron chi connectivity index (χ3n) is 3.72. The molecule has 1 saturated carbocycles. The van der Waals surface area contributed by atoms with Crippen molar-refractivity contribution in [1.29, 1.82) is 0 Å². The van der Waals surface area contributed by atoms with Crippen molar-refractivity contribution in [3.63, 3.8) is 0 Å². The summed E-state index contributed by atoms with van der Waals surface area (Å²) in [6, 6.07) is 0. The number of rotatable bonds is 5. The van der Waals surface area contributed by atoms with E-state index in [1.54, 1.807) is 0 Å². The highest BCUT2D eigenvalue weighted by Gasteiger charge is 2.23. The van der Waals surface area contributed by atoms with Gasteiger partial charge in [0.15, 0.2) is 0 Å². The zero-order valence-corrected chi connectivity index (χ0v) is 11.3. The second kappa shape index (κ2) is 5.61. The molecule has 0 bridgehead atoms. The standard InChI is InChI=1S/C13H24N4O/c1-3-4-11-12(14)13(17(2)16-11)15-8-9-5-6-10(18)7-9/h9-10,15,18H,3-8,14H2,1-2H3. The third kappa shape index (κ3) is 2.77. The van der Waals surface area contributed by atoms with Crippen LogP contribution in [0.4, 0.5) is 11.5 Å². The lowest BCUT2D eigenvalue weighted by Gasteiger charge is -2.12. The van der Waals surface area contributed by atoms with Gasteiger partial charge in [-0.2, -0.15) is 5.10 Å². The fourth-order valence-electron chi connectivity index (χ4n) is 2.70. The predicted molar refractivity (Wildman–Crippen MR) is 73.5 cm³/mol. The normalized spacial score (nSPS) is 23.5. The Morgan fingerprint density at radius 3 is 2.89 bits per heavy atom. The number of nitrogen functional groups attached to an aromatic ring is 1. The molecule has 102 valence electrons. The summed E-state index contributed by atoms with van der Waals surface area (Å²) in [6.45, 7) is 2.99. The molecule has 0 saturated heterocycles. The lowest BCUT2D eigenvalue weighted by molar-refractivity contribution is 0.178. The fraction of sp³-hybridized carbons (Fsp3) is 0.769. The first kappa shape index (κ1) is 13.2. The molecule has 5 nitrogen and oxygen atoms in total. The molecule has 1 aromatic rings. The molecule has 5 heteroatoms. The molecule has 0 amide bonds. The highest BCUT2D eigenvalue weighted by atomic mass is 16.3. The third-order valence-corrected chi connectivity index (χ3v) is 3.72. The number of aryl methyl sites for hydroxylation is 2. The van der Waals surface area contributed by atoms with Crippen LogP contribution in [-0.4, -0.2) is 27.5 Å². The van der Waals surface area contributed by atoms with Gasteiger partial charge in [-0.25, -0.2) is 0 Å². The lowest BCUT2D eigenvalue weighted by atomic mass is 10.1. The van der Waals surface area contributed by atoms with Crippen LogP contribution in [0, 0.1) is 5.92 Å². The summed E-state index contributed by atoms with van der Waals surface area (Å²) in [5, 5.41) is 17.3. The molecule has 2 atom stereocenters. The van der Waals surface area contributed by atoms with Gasteiger partial charge in [0.25, 0.3) is 0 Å². The van der Waals surface area contributed by atoms with E-state index in [9.17, 15) is 5.11 Å². The summed E-state index contributed by atoms with van der Waals surface area (Å²) in [4.78, 5) is 0. The van der Waals surface area contributed by atoms with Gasteiger partial charge in [0, 0.05) is 13.6 Å². The first-order valence-electron chi connectivity index (χ1n) is 6.85. The van der Waals surface area contributed by atoms with E-state index < -0.39 is 0 Å². The van der Waals surface area contributed by atoms with Crippen LogP contribution < -0.4 is 11.1 Å². The second-order valence-electron chi connectivity index (χ2n) is 5.30. The summed E-state index contributed by atoms with van der Waals surface area (Å²) in [7, 11) is 1.92. The van der Waals surface area contributed by atoms with E-state index >= 15 is 0 Å². The summed E-state index contributed by atoms with van der Waals surface area (Å²) in [5.74, 6) is 1.46. The fourth-order valence-corrected chi connectivity index (χ4v) is 2.70. The van der Waals surface area contributed by atoms with E-state index in [0.29, 0.717) is 5.92 Å². The number of aliphatic hydroxyl groups is 1. The van der Waals surface area contributed by atoms with Crippen LogP contribution in [-0.2, 0) is 13.5 Å². The van der Waals surface area contributed by atoms with Gasteiger partial charge in [-0.3, -0.25) is 4.68 Å². The molecule has 0 radical (unpaired) electrons. The second-order valence-corrected chi connectivity index (χ2v) is 5.30. The van der Waals surface area contributed by atoms with Gasteiger partial charge in [0.1, 0.15) is 5.82 Å². The number of hydrogen-bond acceptors (Lipinski definition) is 4. The van der Waals surface area contributed by atoms with Gasteiger partial charge >= 0.3 is 0 Å². The monoisotopic (exact) mass is 252 g/mol. The smallest absolute Gasteiger partial charge is 0.147 e. The van der Waals surface area contributed by atoms with Gasteiger partial charge in [0.2, 0.25) is 0 Å². The maximum atomic E-state index is 9.51. The minimum absolute atomic E-state index is 0.115. The Labute approximate surface area is 108 Å². The summed E-state index contributed by atoms with van der Waals surface area (Å²) < 4.78 is 1.83. The SMILES string of the molecule is CCCc1nn(C)c(NCC2CCC(O)C2)c1N. The molecule has 2 rings (SSSR count). The Balaban J connectivity index is 1.96. The van der Waals surface area contributed by atoms with Gasteiger partial charge in [0.05, 0.1) is 17.5 Å². The summed E-state index contributed by atoms with van der Waals surface area (Å²) in [6.07, 6.45) is 4.77. The van der Waals surface area contributed by atoms with E-state index in [0.717, 1.165) is 55.8 Å². The Kier molecular flexibility index (Phi) is 4.11. The molecule has 1 aliphatic carbocycles. The zero-order valence-electron chi connectivity index (χ0n) is 11.3. The quantitative estimate of drug-likeness (QED) is 0.743. The van der Waals surface area contributed by atoms with Gasteiger partial charge in [-0.1, -0.05) is 13.3 Å². The largest absolute Gasteiger partial charge is 0.394 e. The number of nitrogens with zero attached hydrogens (tertiary/aromatic N) is 2. The average Bonchev–Trinajstić information content (AvgIpc) is 2.84. The van der Waals surface area contributed by atoms with Crippen molar-refractivity contribution in [1.82, 2.24) is 9.78 Å².